The molecule has 1 aliphatic heterocycles. The quantitative estimate of drug-likeness (QED) is 0.873. The summed E-state index contributed by atoms with van der Waals surface area (Å²) < 4.78 is 16.9. The Balaban J connectivity index is 1.53. The van der Waals surface area contributed by atoms with E-state index in [9.17, 15) is 4.79 Å². The fourth-order valence-electron chi connectivity index (χ4n) is 2.23. The van der Waals surface area contributed by atoms with E-state index in [-0.39, 0.29) is 17.8 Å². The molecule has 1 aromatic heterocycles. The summed E-state index contributed by atoms with van der Waals surface area (Å²) >= 11 is 3.17. The van der Waals surface area contributed by atoms with Crippen LogP contribution in [-0.4, -0.2) is 25.2 Å². The number of furan rings is 1. The summed E-state index contributed by atoms with van der Waals surface area (Å²) in [6.07, 6.45) is 2.34. The topological polar surface area (TPSA) is 60.7 Å². The summed E-state index contributed by atoms with van der Waals surface area (Å²) in [5.74, 6) is 0.721. The van der Waals surface area contributed by atoms with E-state index in [0.717, 1.165) is 25.2 Å². The minimum Gasteiger partial charge on any atom is -0.491 e. The van der Waals surface area contributed by atoms with Gasteiger partial charge in [0.1, 0.15) is 12.4 Å². The smallest absolute Gasteiger partial charge is 0.291 e. The van der Waals surface area contributed by atoms with E-state index < -0.39 is 0 Å². The standard InChI is InChI=1S/C16H16BrNO4/c17-15-8-7-14(22-15)16(19)18-11-3-5-12(6-4-11)21-10-13-2-1-9-20-13/h3-8,13H,1-2,9-10H2,(H,18,19). The van der Waals surface area contributed by atoms with E-state index in [0.29, 0.717) is 17.0 Å². The Bertz CT molecular complexity index is 632. The summed E-state index contributed by atoms with van der Waals surface area (Å²) in [6, 6.07) is 10.5. The van der Waals surface area contributed by atoms with Crippen LogP contribution in [0.15, 0.2) is 45.5 Å². The van der Waals surface area contributed by atoms with Crippen LogP contribution in [0.5, 0.6) is 5.75 Å². The van der Waals surface area contributed by atoms with E-state index >= 15 is 0 Å². The molecule has 1 unspecified atom stereocenters. The van der Waals surface area contributed by atoms with Crippen molar-refractivity contribution in [3.63, 3.8) is 0 Å². The van der Waals surface area contributed by atoms with Crippen molar-refractivity contribution in [1.29, 1.82) is 0 Å². The molecule has 1 fully saturated rings. The van der Waals surface area contributed by atoms with Gasteiger partial charge in [-0.05, 0) is 65.2 Å². The van der Waals surface area contributed by atoms with Gasteiger partial charge in [-0.1, -0.05) is 0 Å². The molecule has 1 N–H and O–H groups in total. The number of hydrogen-bond donors (Lipinski definition) is 1. The lowest BCUT2D eigenvalue weighted by molar-refractivity contribution is 0.0679. The van der Waals surface area contributed by atoms with Crippen LogP contribution in [-0.2, 0) is 4.74 Å². The first-order chi connectivity index (χ1) is 10.7. The molecule has 1 saturated heterocycles. The largest absolute Gasteiger partial charge is 0.491 e. The Labute approximate surface area is 136 Å². The van der Waals surface area contributed by atoms with Crippen molar-refractivity contribution in [1.82, 2.24) is 0 Å². The van der Waals surface area contributed by atoms with Crippen LogP contribution in [0, 0.1) is 0 Å². The van der Waals surface area contributed by atoms with Crippen LogP contribution < -0.4 is 10.1 Å². The first-order valence-electron chi connectivity index (χ1n) is 7.12. The number of benzene rings is 1. The lowest BCUT2D eigenvalue weighted by atomic mass is 10.2. The lowest BCUT2D eigenvalue weighted by Gasteiger charge is -2.11. The highest BCUT2D eigenvalue weighted by Gasteiger charge is 2.16. The Kier molecular flexibility index (Phi) is 4.80. The predicted molar refractivity (Wildman–Crippen MR) is 85.3 cm³/mol. The van der Waals surface area contributed by atoms with Crippen LogP contribution in [0.4, 0.5) is 5.69 Å². The molecule has 0 radical (unpaired) electrons. The maximum Gasteiger partial charge on any atom is 0.291 e. The highest BCUT2D eigenvalue weighted by atomic mass is 79.9. The van der Waals surface area contributed by atoms with Gasteiger partial charge in [-0.3, -0.25) is 4.79 Å². The van der Waals surface area contributed by atoms with Crippen LogP contribution in [0.3, 0.4) is 0 Å². The second-order valence-electron chi connectivity index (χ2n) is 5.03. The number of halogens is 1. The molecule has 1 amide bonds. The SMILES string of the molecule is O=C(Nc1ccc(OCC2CCCO2)cc1)c1ccc(Br)o1. The number of anilines is 1. The molecular weight excluding hydrogens is 350 g/mol. The van der Waals surface area contributed by atoms with E-state index in [1.54, 1.807) is 24.3 Å². The predicted octanol–water partition coefficient (Wildman–Crippen LogP) is 3.85. The fraction of sp³-hybridized carbons (Fsp3) is 0.312. The van der Waals surface area contributed by atoms with Gasteiger partial charge < -0.3 is 19.2 Å². The monoisotopic (exact) mass is 365 g/mol. The summed E-state index contributed by atoms with van der Waals surface area (Å²) in [4.78, 5) is 11.9. The maximum absolute atomic E-state index is 11.9. The number of hydrogen-bond acceptors (Lipinski definition) is 4. The Hall–Kier alpha value is -1.79. The van der Waals surface area contributed by atoms with Crippen molar-refractivity contribution in [2.75, 3.05) is 18.5 Å². The number of carbonyl (C=O) groups is 1. The van der Waals surface area contributed by atoms with Crippen LogP contribution in [0.2, 0.25) is 0 Å². The van der Waals surface area contributed by atoms with E-state index in [1.807, 2.05) is 12.1 Å². The Morgan fingerprint density at radius 3 is 2.73 bits per heavy atom. The summed E-state index contributed by atoms with van der Waals surface area (Å²) in [5.41, 5.74) is 0.682. The molecule has 2 heterocycles. The number of ether oxygens (including phenoxy) is 2. The minimum absolute atomic E-state index is 0.191. The summed E-state index contributed by atoms with van der Waals surface area (Å²) in [5, 5.41) is 2.76. The zero-order chi connectivity index (χ0) is 15.4. The third kappa shape index (κ3) is 3.90. The van der Waals surface area contributed by atoms with Crippen molar-refractivity contribution >= 4 is 27.5 Å². The molecule has 116 valence electrons. The van der Waals surface area contributed by atoms with Crippen molar-refractivity contribution in [2.45, 2.75) is 18.9 Å². The van der Waals surface area contributed by atoms with Crippen molar-refractivity contribution in [2.24, 2.45) is 0 Å². The van der Waals surface area contributed by atoms with Crippen molar-refractivity contribution in [3.8, 4) is 5.75 Å². The zero-order valence-corrected chi connectivity index (χ0v) is 13.5. The normalized spacial score (nSPS) is 17.4. The molecule has 0 bridgehead atoms. The number of amides is 1. The molecule has 3 rings (SSSR count). The second kappa shape index (κ2) is 6.98. The van der Waals surface area contributed by atoms with Crippen molar-refractivity contribution < 1.29 is 18.7 Å². The molecule has 6 heteroatoms. The molecule has 5 nitrogen and oxygen atoms in total. The zero-order valence-electron chi connectivity index (χ0n) is 11.9. The molecular formula is C16H16BrNO4. The van der Waals surface area contributed by atoms with Gasteiger partial charge in [-0.25, -0.2) is 0 Å². The summed E-state index contributed by atoms with van der Waals surface area (Å²) in [7, 11) is 0. The first-order valence-corrected chi connectivity index (χ1v) is 7.91. The molecule has 1 aromatic carbocycles. The van der Waals surface area contributed by atoms with Gasteiger partial charge in [-0.15, -0.1) is 0 Å². The van der Waals surface area contributed by atoms with Gasteiger partial charge in [0.2, 0.25) is 0 Å². The highest BCUT2D eigenvalue weighted by Crippen LogP contribution is 2.20. The Morgan fingerprint density at radius 2 is 2.09 bits per heavy atom. The van der Waals surface area contributed by atoms with E-state index in [2.05, 4.69) is 21.2 Å². The van der Waals surface area contributed by atoms with Crippen molar-refractivity contribution in [3.05, 3.63) is 46.8 Å². The van der Waals surface area contributed by atoms with Gasteiger partial charge in [0.05, 0.1) is 6.10 Å². The van der Waals surface area contributed by atoms with Gasteiger partial charge in [-0.2, -0.15) is 0 Å². The molecule has 0 spiro atoms. The van der Waals surface area contributed by atoms with Gasteiger partial charge in [0.25, 0.3) is 5.91 Å². The van der Waals surface area contributed by atoms with Crippen LogP contribution in [0.1, 0.15) is 23.4 Å². The van der Waals surface area contributed by atoms with Crippen LogP contribution in [0.25, 0.3) is 0 Å². The molecule has 1 aliphatic rings. The third-order valence-corrected chi connectivity index (χ3v) is 3.80. The first kappa shape index (κ1) is 15.1. The molecule has 22 heavy (non-hydrogen) atoms. The highest BCUT2D eigenvalue weighted by molar-refractivity contribution is 9.10. The van der Waals surface area contributed by atoms with Gasteiger partial charge in [0.15, 0.2) is 10.4 Å². The fourth-order valence-corrected chi connectivity index (χ4v) is 2.54. The maximum atomic E-state index is 11.9. The third-order valence-electron chi connectivity index (χ3n) is 3.37. The average molecular weight is 366 g/mol. The molecule has 0 saturated carbocycles. The molecule has 0 aliphatic carbocycles. The lowest BCUT2D eigenvalue weighted by Crippen LogP contribution is -2.16. The second-order valence-corrected chi connectivity index (χ2v) is 5.81. The van der Waals surface area contributed by atoms with Gasteiger partial charge >= 0.3 is 0 Å². The summed E-state index contributed by atoms with van der Waals surface area (Å²) in [6.45, 7) is 1.38. The number of rotatable bonds is 5. The van der Waals surface area contributed by atoms with Crippen LogP contribution >= 0.6 is 15.9 Å². The van der Waals surface area contributed by atoms with E-state index in [1.165, 1.54) is 0 Å². The molecule has 2 aromatic rings. The molecule has 1 atom stereocenters. The number of carbonyl (C=O) groups excluding carboxylic acids is 1. The number of nitrogens with one attached hydrogen (secondary N) is 1. The Morgan fingerprint density at radius 1 is 1.27 bits per heavy atom. The van der Waals surface area contributed by atoms with E-state index in [4.69, 9.17) is 13.9 Å². The van der Waals surface area contributed by atoms with Gasteiger partial charge in [0, 0.05) is 12.3 Å². The average Bonchev–Trinajstić information content (AvgIpc) is 3.18. The minimum atomic E-state index is -0.293.